The summed E-state index contributed by atoms with van der Waals surface area (Å²) in [5.41, 5.74) is 3.10. The second-order valence-corrected chi connectivity index (χ2v) is 7.19. The van der Waals surface area contributed by atoms with E-state index in [0.29, 0.717) is 0 Å². The maximum atomic E-state index is 9.21. The number of thiazole rings is 1. The third kappa shape index (κ3) is 2.59. The van der Waals surface area contributed by atoms with Gasteiger partial charge in [-0.25, -0.2) is 4.98 Å². The van der Waals surface area contributed by atoms with E-state index in [1.165, 1.54) is 11.1 Å². The number of anilines is 1. The number of aliphatic hydroxyl groups excluding tert-OH is 1. The molecule has 1 aromatic carbocycles. The van der Waals surface area contributed by atoms with E-state index in [1.54, 1.807) is 18.4 Å². The summed E-state index contributed by atoms with van der Waals surface area (Å²) in [6, 6.07) is 6.30. The maximum absolute atomic E-state index is 9.21. The van der Waals surface area contributed by atoms with Gasteiger partial charge in [0.1, 0.15) is 11.4 Å². The number of piperidine rings is 1. The van der Waals surface area contributed by atoms with Crippen molar-refractivity contribution in [3.63, 3.8) is 0 Å². The van der Waals surface area contributed by atoms with Crippen molar-refractivity contribution in [2.75, 3.05) is 31.7 Å². The van der Waals surface area contributed by atoms with Crippen LogP contribution < -0.4 is 9.64 Å². The van der Waals surface area contributed by atoms with Gasteiger partial charge in [0.15, 0.2) is 5.13 Å². The van der Waals surface area contributed by atoms with Gasteiger partial charge in [-0.2, -0.15) is 0 Å². The van der Waals surface area contributed by atoms with Gasteiger partial charge in [-0.05, 0) is 30.9 Å². The van der Waals surface area contributed by atoms with Crippen LogP contribution in [0.1, 0.15) is 29.7 Å². The van der Waals surface area contributed by atoms with Crippen LogP contribution in [0.5, 0.6) is 5.75 Å². The maximum Gasteiger partial charge on any atom is 0.185 e. The standard InChI is InChI=1S/C18H22N2O3S/c1-22-15-4-2-3-13-5-10-23-18(16(13)15)6-8-20(9-7-18)17-19-14(11-21)12-24-17/h2-4,12,21H,5-11H2,1H3. The molecule has 24 heavy (non-hydrogen) atoms. The Labute approximate surface area is 145 Å². The molecule has 3 heterocycles. The first-order valence-electron chi connectivity index (χ1n) is 8.36. The first-order valence-corrected chi connectivity index (χ1v) is 9.24. The Morgan fingerprint density at radius 3 is 2.92 bits per heavy atom. The number of hydrogen-bond donors (Lipinski definition) is 1. The highest BCUT2D eigenvalue weighted by Crippen LogP contribution is 2.46. The summed E-state index contributed by atoms with van der Waals surface area (Å²) in [5.74, 6) is 0.942. The fourth-order valence-corrected chi connectivity index (χ4v) is 4.74. The molecule has 0 radical (unpaired) electrons. The second kappa shape index (κ2) is 6.35. The van der Waals surface area contributed by atoms with Crippen molar-refractivity contribution in [3.05, 3.63) is 40.4 Å². The number of nitrogens with zero attached hydrogens (tertiary/aromatic N) is 2. The molecule has 4 rings (SSSR count). The molecule has 0 atom stereocenters. The van der Waals surface area contributed by atoms with E-state index in [4.69, 9.17) is 9.47 Å². The Morgan fingerprint density at radius 1 is 1.38 bits per heavy atom. The Balaban J connectivity index is 1.59. The molecular formula is C18H22N2O3S. The summed E-state index contributed by atoms with van der Waals surface area (Å²) in [5, 5.41) is 12.1. The molecule has 0 aliphatic carbocycles. The number of aliphatic hydroxyl groups is 1. The van der Waals surface area contributed by atoms with Gasteiger partial charge in [0, 0.05) is 24.0 Å². The highest BCUT2D eigenvalue weighted by molar-refractivity contribution is 7.13. The minimum Gasteiger partial charge on any atom is -0.496 e. The summed E-state index contributed by atoms with van der Waals surface area (Å²) >= 11 is 1.60. The van der Waals surface area contributed by atoms with E-state index in [9.17, 15) is 5.11 Å². The van der Waals surface area contributed by atoms with Gasteiger partial charge >= 0.3 is 0 Å². The molecular weight excluding hydrogens is 324 g/mol. The fourth-order valence-electron chi connectivity index (χ4n) is 3.87. The number of rotatable bonds is 3. The predicted molar refractivity (Wildman–Crippen MR) is 93.8 cm³/mol. The molecule has 2 aliphatic heterocycles. The van der Waals surface area contributed by atoms with Crippen molar-refractivity contribution in [2.45, 2.75) is 31.5 Å². The summed E-state index contributed by atoms with van der Waals surface area (Å²) in [6.07, 6.45) is 2.80. The molecule has 1 spiro atoms. The Kier molecular flexibility index (Phi) is 4.20. The summed E-state index contributed by atoms with van der Waals surface area (Å²) < 4.78 is 12.0. The smallest absolute Gasteiger partial charge is 0.185 e. The lowest BCUT2D eigenvalue weighted by atomic mass is 9.79. The zero-order chi connectivity index (χ0) is 16.6. The minimum atomic E-state index is -0.242. The highest BCUT2D eigenvalue weighted by atomic mass is 32.1. The molecule has 1 aromatic heterocycles. The normalized spacial score (nSPS) is 19.3. The lowest BCUT2D eigenvalue weighted by Gasteiger charge is -2.45. The van der Waals surface area contributed by atoms with E-state index in [1.807, 2.05) is 11.4 Å². The van der Waals surface area contributed by atoms with Gasteiger partial charge in [0.2, 0.25) is 0 Å². The van der Waals surface area contributed by atoms with Crippen molar-refractivity contribution in [3.8, 4) is 5.75 Å². The lowest BCUT2D eigenvalue weighted by Crippen LogP contribution is -2.46. The van der Waals surface area contributed by atoms with Crippen molar-refractivity contribution in [1.29, 1.82) is 0 Å². The largest absolute Gasteiger partial charge is 0.496 e. The van der Waals surface area contributed by atoms with Crippen molar-refractivity contribution < 1.29 is 14.6 Å². The molecule has 1 saturated heterocycles. The van der Waals surface area contributed by atoms with Gasteiger partial charge in [-0.3, -0.25) is 0 Å². The molecule has 1 fully saturated rings. The summed E-state index contributed by atoms with van der Waals surface area (Å²) in [4.78, 5) is 6.79. The van der Waals surface area contributed by atoms with E-state index in [2.05, 4.69) is 22.0 Å². The predicted octanol–water partition coefficient (Wildman–Crippen LogP) is 2.71. The van der Waals surface area contributed by atoms with Crippen LogP contribution in [0.2, 0.25) is 0 Å². The lowest BCUT2D eigenvalue weighted by molar-refractivity contribution is -0.0779. The van der Waals surface area contributed by atoms with Crippen LogP contribution in [0.15, 0.2) is 23.6 Å². The average molecular weight is 346 g/mol. The van der Waals surface area contributed by atoms with Crippen molar-refractivity contribution >= 4 is 16.5 Å². The van der Waals surface area contributed by atoms with Crippen LogP contribution >= 0.6 is 11.3 Å². The molecule has 1 N–H and O–H groups in total. The summed E-state index contributed by atoms with van der Waals surface area (Å²) in [6.45, 7) is 2.57. The molecule has 0 bridgehead atoms. The molecule has 0 saturated carbocycles. The third-order valence-electron chi connectivity index (χ3n) is 5.08. The molecule has 5 nitrogen and oxygen atoms in total. The van der Waals surface area contributed by atoms with Crippen LogP contribution in [0.25, 0.3) is 0 Å². The fraction of sp³-hybridized carbons (Fsp3) is 0.500. The van der Waals surface area contributed by atoms with Crippen LogP contribution in [0, 0.1) is 0 Å². The minimum absolute atomic E-state index is 0.00195. The number of aromatic nitrogens is 1. The Bertz CT molecular complexity index is 709. The Morgan fingerprint density at radius 2 is 2.21 bits per heavy atom. The second-order valence-electron chi connectivity index (χ2n) is 6.35. The molecule has 0 unspecified atom stereocenters. The van der Waals surface area contributed by atoms with Crippen LogP contribution in [-0.4, -0.2) is 36.9 Å². The third-order valence-corrected chi connectivity index (χ3v) is 6.03. The number of methoxy groups -OCH3 is 1. The Hall–Kier alpha value is -1.63. The monoisotopic (exact) mass is 346 g/mol. The first-order chi connectivity index (χ1) is 11.8. The van der Waals surface area contributed by atoms with Crippen LogP contribution in [0.3, 0.4) is 0 Å². The van der Waals surface area contributed by atoms with E-state index < -0.39 is 0 Å². The van der Waals surface area contributed by atoms with Crippen LogP contribution in [-0.2, 0) is 23.4 Å². The topological polar surface area (TPSA) is 54.8 Å². The zero-order valence-corrected chi connectivity index (χ0v) is 14.6. The van der Waals surface area contributed by atoms with Crippen molar-refractivity contribution in [1.82, 2.24) is 4.98 Å². The molecule has 2 aliphatic rings. The van der Waals surface area contributed by atoms with Gasteiger partial charge in [0.05, 0.1) is 26.0 Å². The molecule has 6 heteroatoms. The molecule has 128 valence electrons. The SMILES string of the molecule is COc1cccc2c1C1(CCN(c3nc(CO)cs3)CC1)OCC2. The van der Waals surface area contributed by atoms with E-state index in [-0.39, 0.29) is 12.2 Å². The van der Waals surface area contributed by atoms with Gasteiger partial charge < -0.3 is 19.5 Å². The van der Waals surface area contributed by atoms with Gasteiger partial charge in [-0.15, -0.1) is 11.3 Å². The summed E-state index contributed by atoms with van der Waals surface area (Å²) in [7, 11) is 1.74. The highest BCUT2D eigenvalue weighted by Gasteiger charge is 2.43. The van der Waals surface area contributed by atoms with Gasteiger partial charge in [0.25, 0.3) is 0 Å². The van der Waals surface area contributed by atoms with E-state index in [0.717, 1.165) is 55.5 Å². The van der Waals surface area contributed by atoms with Crippen LogP contribution in [0.4, 0.5) is 5.13 Å². The van der Waals surface area contributed by atoms with E-state index >= 15 is 0 Å². The van der Waals surface area contributed by atoms with Crippen molar-refractivity contribution in [2.24, 2.45) is 0 Å². The number of benzene rings is 1. The average Bonchev–Trinajstić information content (AvgIpc) is 3.11. The molecule has 0 amide bonds. The first kappa shape index (κ1) is 15.9. The quantitative estimate of drug-likeness (QED) is 0.926. The van der Waals surface area contributed by atoms with Gasteiger partial charge in [-0.1, -0.05) is 12.1 Å². The zero-order valence-electron chi connectivity index (χ0n) is 13.8. The number of hydrogen-bond acceptors (Lipinski definition) is 6. The number of fused-ring (bicyclic) bond motifs is 2. The number of ether oxygens (including phenoxy) is 2. The molecule has 2 aromatic rings.